The summed E-state index contributed by atoms with van der Waals surface area (Å²) in [7, 11) is 0. The van der Waals surface area contributed by atoms with Crippen LogP contribution in [0.4, 0.5) is 0 Å². The molecule has 1 aromatic carbocycles. The Labute approximate surface area is 162 Å². The van der Waals surface area contributed by atoms with E-state index in [4.69, 9.17) is 0 Å². The van der Waals surface area contributed by atoms with Gasteiger partial charge in [0.2, 0.25) is 0 Å². The second-order valence-corrected chi connectivity index (χ2v) is 8.33. The smallest absolute Gasteiger partial charge is 0.252 e. The normalized spacial score (nSPS) is 12.1. The number of rotatable bonds is 7. The summed E-state index contributed by atoms with van der Waals surface area (Å²) in [5, 5.41) is 9.81. The maximum Gasteiger partial charge on any atom is 0.252 e. The van der Waals surface area contributed by atoms with Gasteiger partial charge in [-0.1, -0.05) is 25.1 Å². The van der Waals surface area contributed by atoms with Gasteiger partial charge in [-0.2, -0.15) is 5.10 Å². The van der Waals surface area contributed by atoms with Crippen molar-refractivity contribution in [1.29, 1.82) is 0 Å². The van der Waals surface area contributed by atoms with Crippen LogP contribution in [-0.4, -0.2) is 28.0 Å². The van der Waals surface area contributed by atoms with Gasteiger partial charge in [0.05, 0.1) is 11.3 Å². The minimum atomic E-state index is -0.0374. The molecular weight excluding hydrogens is 362 g/mol. The molecular formula is C20H23N3OS2. The number of aromatic nitrogens is 2. The van der Waals surface area contributed by atoms with Gasteiger partial charge in [-0.3, -0.25) is 9.48 Å². The number of carbonyl (C=O) groups excluding carboxylic acids is 1. The number of thioether (sulfide) groups is 1. The fraction of sp³-hybridized carbons (Fsp3) is 0.300. The van der Waals surface area contributed by atoms with Crippen LogP contribution in [-0.2, 0) is 0 Å². The van der Waals surface area contributed by atoms with Crippen LogP contribution in [0.3, 0.4) is 0 Å². The molecule has 3 aromatic rings. The van der Waals surface area contributed by atoms with Gasteiger partial charge in [0.25, 0.3) is 5.91 Å². The number of hydrogen-bond donors (Lipinski definition) is 1. The Hall–Kier alpha value is -2.05. The number of amides is 1. The molecule has 0 aliphatic carbocycles. The van der Waals surface area contributed by atoms with E-state index < -0.39 is 0 Å². The van der Waals surface area contributed by atoms with Gasteiger partial charge in [0.15, 0.2) is 0 Å². The predicted octanol–water partition coefficient (Wildman–Crippen LogP) is 4.69. The van der Waals surface area contributed by atoms with E-state index in [9.17, 15) is 4.79 Å². The van der Waals surface area contributed by atoms with Gasteiger partial charge >= 0.3 is 0 Å². The molecule has 0 saturated heterocycles. The summed E-state index contributed by atoms with van der Waals surface area (Å²) in [5.74, 6) is 0.901. The summed E-state index contributed by atoms with van der Waals surface area (Å²) in [4.78, 5) is 15.0. The first-order valence-corrected chi connectivity index (χ1v) is 10.5. The first-order valence-electron chi connectivity index (χ1n) is 8.66. The molecule has 4 nitrogen and oxygen atoms in total. The van der Waals surface area contributed by atoms with Gasteiger partial charge < -0.3 is 5.32 Å². The topological polar surface area (TPSA) is 46.9 Å². The Bertz CT molecular complexity index is 871. The number of nitrogens with one attached hydrogen (secondary N) is 1. The largest absolute Gasteiger partial charge is 0.349 e. The van der Waals surface area contributed by atoms with Crippen LogP contribution >= 0.6 is 23.1 Å². The lowest BCUT2D eigenvalue weighted by Gasteiger charge is -2.19. The van der Waals surface area contributed by atoms with Gasteiger partial charge in [0, 0.05) is 22.0 Å². The molecule has 0 fully saturated rings. The fourth-order valence-corrected chi connectivity index (χ4v) is 4.58. The third kappa shape index (κ3) is 4.19. The molecule has 1 unspecified atom stereocenters. The van der Waals surface area contributed by atoms with Crippen molar-refractivity contribution in [2.24, 2.45) is 0 Å². The number of benzene rings is 1. The lowest BCUT2D eigenvalue weighted by Crippen LogP contribution is -2.32. The van der Waals surface area contributed by atoms with E-state index in [0.29, 0.717) is 6.54 Å². The van der Waals surface area contributed by atoms with E-state index in [1.165, 1.54) is 4.88 Å². The van der Waals surface area contributed by atoms with Crippen molar-refractivity contribution in [2.75, 3.05) is 12.3 Å². The number of nitrogens with zero attached hydrogens (tertiary/aromatic N) is 2. The summed E-state index contributed by atoms with van der Waals surface area (Å²) < 4.78 is 2.01. The van der Waals surface area contributed by atoms with Crippen LogP contribution in [0.25, 0.3) is 0 Å². The van der Waals surface area contributed by atoms with Crippen molar-refractivity contribution in [1.82, 2.24) is 15.1 Å². The molecule has 1 amide bonds. The summed E-state index contributed by atoms with van der Waals surface area (Å²) in [6.07, 6.45) is 0. The van der Waals surface area contributed by atoms with Crippen LogP contribution in [0.1, 0.15) is 39.6 Å². The zero-order valence-corrected chi connectivity index (χ0v) is 16.9. The molecule has 0 aliphatic heterocycles. The van der Waals surface area contributed by atoms with Crippen molar-refractivity contribution in [3.63, 3.8) is 0 Å². The van der Waals surface area contributed by atoms with Crippen molar-refractivity contribution in [3.8, 4) is 0 Å². The van der Waals surface area contributed by atoms with Gasteiger partial charge in [-0.05, 0) is 49.2 Å². The molecule has 0 bridgehead atoms. The average molecular weight is 386 g/mol. The van der Waals surface area contributed by atoms with Gasteiger partial charge in [-0.25, -0.2) is 0 Å². The van der Waals surface area contributed by atoms with E-state index in [1.807, 2.05) is 41.9 Å². The van der Waals surface area contributed by atoms with E-state index >= 15 is 0 Å². The Morgan fingerprint density at radius 2 is 2.08 bits per heavy atom. The molecule has 2 aromatic heterocycles. The average Bonchev–Trinajstić information content (AvgIpc) is 3.26. The van der Waals surface area contributed by atoms with E-state index in [2.05, 4.69) is 41.8 Å². The number of thiophene rings is 1. The second kappa shape index (κ2) is 8.56. The van der Waals surface area contributed by atoms with Gasteiger partial charge in [-0.15, -0.1) is 23.1 Å². The number of aryl methyl sites for hydroxylation is 2. The molecule has 1 atom stereocenters. The zero-order chi connectivity index (χ0) is 18.5. The second-order valence-electron chi connectivity index (χ2n) is 6.04. The van der Waals surface area contributed by atoms with Crippen LogP contribution in [0.5, 0.6) is 0 Å². The van der Waals surface area contributed by atoms with Crippen molar-refractivity contribution in [2.45, 2.75) is 31.7 Å². The molecule has 2 heterocycles. The SMILES string of the molecule is CCSc1ccccc1C(=O)NCC(c1cccs1)n1nc(C)cc1C. The molecule has 26 heavy (non-hydrogen) atoms. The molecule has 3 rings (SSSR count). The molecule has 0 saturated carbocycles. The molecule has 6 heteroatoms. The van der Waals surface area contributed by atoms with Crippen molar-refractivity contribution >= 4 is 29.0 Å². The lowest BCUT2D eigenvalue weighted by molar-refractivity contribution is 0.0946. The summed E-state index contributed by atoms with van der Waals surface area (Å²) >= 11 is 3.37. The quantitative estimate of drug-likeness (QED) is 0.600. The van der Waals surface area contributed by atoms with Crippen LogP contribution in [0, 0.1) is 13.8 Å². The first kappa shape index (κ1) is 18.7. The summed E-state index contributed by atoms with van der Waals surface area (Å²) in [6.45, 7) is 6.64. The van der Waals surface area contributed by atoms with E-state index in [-0.39, 0.29) is 11.9 Å². The third-order valence-corrected chi connectivity index (χ3v) is 6.03. The molecule has 1 N–H and O–H groups in total. The van der Waals surface area contributed by atoms with Gasteiger partial charge in [0.1, 0.15) is 6.04 Å². The van der Waals surface area contributed by atoms with Crippen molar-refractivity contribution < 1.29 is 4.79 Å². The van der Waals surface area contributed by atoms with Crippen molar-refractivity contribution in [3.05, 3.63) is 69.7 Å². The highest BCUT2D eigenvalue weighted by Crippen LogP contribution is 2.25. The van der Waals surface area contributed by atoms with E-state index in [1.54, 1.807) is 23.1 Å². The fourth-order valence-electron chi connectivity index (χ4n) is 2.97. The van der Waals surface area contributed by atoms with Crippen LogP contribution in [0.2, 0.25) is 0 Å². The minimum Gasteiger partial charge on any atom is -0.349 e. The Morgan fingerprint density at radius 3 is 2.73 bits per heavy atom. The highest BCUT2D eigenvalue weighted by molar-refractivity contribution is 7.99. The molecule has 0 radical (unpaired) electrons. The summed E-state index contributed by atoms with van der Waals surface area (Å²) in [5.41, 5.74) is 2.81. The standard InChI is InChI=1S/C20H23N3OS2/c1-4-25-18-9-6-5-8-16(18)20(24)21-13-17(19-10-7-11-26-19)23-15(3)12-14(2)22-23/h5-12,17H,4,13H2,1-3H3,(H,21,24). The maximum atomic E-state index is 12.8. The molecule has 0 aliphatic rings. The number of hydrogen-bond acceptors (Lipinski definition) is 4. The molecule has 136 valence electrons. The molecule has 0 spiro atoms. The first-order chi connectivity index (χ1) is 12.6. The minimum absolute atomic E-state index is 0.00126. The number of carbonyl (C=O) groups is 1. The van der Waals surface area contributed by atoms with Crippen LogP contribution < -0.4 is 5.32 Å². The maximum absolute atomic E-state index is 12.8. The lowest BCUT2D eigenvalue weighted by atomic mass is 10.2. The Kier molecular flexibility index (Phi) is 6.16. The van der Waals surface area contributed by atoms with E-state index in [0.717, 1.165) is 27.6 Å². The zero-order valence-electron chi connectivity index (χ0n) is 15.2. The highest BCUT2D eigenvalue weighted by atomic mass is 32.2. The Morgan fingerprint density at radius 1 is 1.27 bits per heavy atom. The monoisotopic (exact) mass is 385 g/mol. The highest BCUT2D eigenvalue weighted by Gasteiger charge is 2.20. The Balaban J connectivity index is 1.81. The third-order valence-electron chi connectivity index (χ3n) is 4.10. The summed E-state index contributed by atoms with van der Waals surface area (Å²) in [6, 6.07) is 14.0. The van der Waals surface area contributed by atoms with Crippen LogP contribution in [0.15, 0.2) is 52.7 Å². The predicted molar refractivity (Wildman–Crippen MR) is 109 cm³/mol.